The number of hydrogen-bond donors (Lipinski definition) is 1. The lowest BCUT2D eigenvalue weighted by Crippen LogP contribution is -2.61. The molecular formula is C20H24F6N6O4. The Morgan fingerprint density at radius 1 is 1.14 bits per heavy atom. The van der Waals surface area contributed by atoms with Crippen molar-refractivity contribution in [2.75, 3.05) is 42.7 Å². The van der Waals surface area contributed by atoms with E-state index in [1.807, 2.05) is 0 Å². The van der Waals surface area contributed by atoms with Gasteiger partial charge in [0.25, 0.3) is 5.56 Å². The van der Waals surface area contributed by atoms with Gasteiger partial charge in [0.2, 0.25) is 0 Å². The number of halogens is 6. The largest absolute Gasteiger partial charge is 0.493 e. The lowest BCUT2D eigenvalue weighted by molar-refractivity contribution is -0.203. The number of nitrogens with zero attached hydrogens (tertiary/aromatic N) is 5. The van der Waals surface area contributed by atoms with Gasteiger partial charge in [0.1, 0.15) is 0 Å². The number of alkyl halides is 6. The second kappa shape index (κ2) is 10.4. The number of piperazine rings is 1. The maximum absolute atomic E-state index is 13.2. The van der Waals surface area contributed by atoms with Gasteiger partial charge in [0.15, 0.2) is 17.8 Å². The first-order valence-corrected chi connectivity index (χ1v) is 10.9. The third-order valence-corrected chi connectivity index (χ3v) is 5.64. The first kappa shape index (κ1) is 27.4. The van der Waals surface area contributed by atoms with Gasteiger partial charge in [-0.1, -0.05) is 5.92 Å². The predicted octanol–water partition coefficient (Wildman–Crippen LogP) is 0.749. The highest BCUT2D eigenvalue weighted by Gasteiger charge is 2.50. The smallest absolute Gasteiger partial charge is 0.327 e. The second-order valence-corrected chi connectivity index (χ2v) is 8.08. The molecule has 0 aliphatic carbocycles. The van der Waals surface area contributed by atoms with Crippen LogP contribution in [-0.2, 0) is 23.2 Å². The molecule has 0 radical (unpaired) electrons. The Labute approximate surface area is 200 Å². The molecule has 3 rings (SSSR count). The lowest BCUT2D eigenvalue weighted by Gasteiger charge is -2.40. The van der Waals surface area contributed by atoms with Crippen LogP contribution in [0.2, 0.25) is 0 Å². The average molecular weight is 526 g/mol. The first-order valence-electron chi connectivity index (χ1n) is 10.9. The van der Waals surface area contributed by atoms with Crippen molar-refractivity contribution in [3.63, 3.8) is 0 Å². The lowest BCUT2D eigenvalue weighted by atomic mass is 10.3. The number of anilines is 2. The summed E-state index contributed by atoms with van der Waals surface area (Å²) in [5.74, 6) is 2.16. The molecule has 0 amide bonds. The summed E-state index contributed by atoms with van der Waals surface area (Å²) >= 11 is 0. The van der Waals surface area contributed by atoms with E-state index in [1.54, 1.807) is 4.90 Å². The molecule has 1 N–H and O–H groups in total. The number of nitrogens with one attached hydrogen (secondary N) is 1. The van der Waals surface area contributed by atoms with E-state index < -0.39 is 61.1 Å². The molecule has 1 aromatic rings. The fraction of sp³-hybridized carbons (Fsp3) is 0.650. The van der Waals surface area contributed by atoms with Crippen molar-refractivity contribution in [2.24, 2.45) is 7.05 Å². The maximum atomic E-state index is 13.2. The van der Waals surface area contributed by atoms with Gasteiger partial charge in [-0.2, -0.15) is 26.3 Å². The van der Waals surface area contributed by atoms with E-state index in [0.29, 0.717) is 22.7 Å². The van der Waals surface area contributed by atoms with E-state index in [0.717, 1.165) is 11.6 Å². The summed E-state index contributed by atoms with van der Waals surface area (Å²) in [6.45, 7) is 2.04. The van der Waals surface area contributed by atoms with Crippen molar-refractivity contribution in [1.82, 2.24) is 19.4 Å². The van der Waals surface area contributed by atoms with E-state index in [4.69, 9.17) is 4.84 Å². The van der Waals surface area contributed by atoms with Crippen molar-refractivity contribution in [3.8, 4) is 11.8 Å². The summed E-state index contributed by atoms with van der Waals surface area (Å²) in [4.78, 5) is 45.6. The number of aromatic nitrogens is 2. The second-order valence-electron chi connectivity index (χ2n) is 8.08. The number of carbonyl (C=O) groups is 1. The van der Waals surface area contributed by atoms with Crippen LogP contribution in [0.25, 0.3) is 0 Å². The van der Waals surface area contributed by atoms with Crippen molar-refractivity contribution >= 4 is 17.5 Å². The molecule has 3 heterocycles. The van der Waals surface area contributed by atoms with Crippen LogP contribution in [0, 0.1) is 11.8 Å². The van der Waals surface area contributed by atoms with Gasteiger partial charge < -0.3 is 15.1 Å². The van der Waals surface area contributed by atoms with Gasteiger partial charge in [-0.25, -0.2) is 9.59 Å². The average Bonchev–Trinajstić information content (AvgIpc) is 3.11. The molecule has 0 aromatic carbocycles. The minimum Gasteiger partial charge on any atom is -0.327 e. The molecule has 1 saturated heterocycles. The van der Waals surface area contributed by atoms with Gasteiger partial charge in [-0.15, -0.1) is 11.0 Å². The van der Waals surface area contributed by atoms with Crippen LogP contribution in [0.5, 0.6) is 0 Å². The molecule has 1 fully saturated rings. The Bertz CT molecular complexity index is 1160. The minimum absolute atomic E-state index is 0.200. The molecule has 1 unspecified atom stereocenters. The quantitative estimate of drug-likeness (QED) is 0.429. The Hall–Kier alpha value is -3.19. The molecule has 1 aromatic heterocycles. The fourth-order valence-electron chi connectivity index (χ4n) is 4.02. The summed E-state index contributed by atoms with van der Waals surface area (Å²) in [6.07, 6.45) is -13.2. The first-order chi connectivity index (χ1) is 16.8. The zero-order chi connectivity index (χ0) is 26.8. The third kappa shape index (κ3) is 5.62. The SMILES string of the molecule is CC#CCN1c2c(n(CCCC(F)(F)F)c(=O)n(C)c2=O)N(OC(=O)C(F)(F)F)C1N1CCNCC1. The topological polar surface area (TPSA) is 92.0 Å². The van der Waals surface area contributed by atoms with E-state index in [9.17, 15) is 40.7 Å². The highest BCUT2D eigenvalue weighted by Crippen LogP contribution is 2.39. The van der Waals surface area contributed by atoms with Crippen LogP contribution in [0.15, 0.2) is 9.59 Å². The van der Waals surface area contributed by atoms with Crippen LogP contribution in [-0.4, -0.2) is 71.4 Å². The molecule has 0 bridgehead atoms. The number of fused-ring (bicyclic) bond motifs is 1. The zero-order valence-corrected chi connectivity index (χ0v) is 19.4. The highest BCUT2D eigenvalue weighted by molar-refractivity contribution is 5.80. The number of carbonyl (C=O) groups excluding carboxylic acids is 1. The minimum atomic E-state index is -5.42. The van der Waals surface area contributed by atoms with Crippen LogP contribution in [0.3, 0.4) is 0 Å². The van der Waals surface area contributed by atoms with Gasteiger partial charge >= 0.3 is 24.0 Å². The summed E-state index contributed by atoms with van der Waals surface area (Å²) < 4.78 is 79.3. The molecular weight excluding hydrogens is 502 g/mol. The summed E-state index contributed by atoms with van der Waals surface area (Å²) in [5, 5.41) is 3.55. The van der Waals surface area contributed by atoms with E-state index >= 15 is 0 Å². The van der Waals surface area contributed by atoms with Crippen LogP contribution in [0.1, 0.15) is 19.8 Å². The number of hydroxylamine groups is 1. The monoisotopic (exact) mass is 526 g/mol. The molecule has 16 heteroatoms. The van der Waals surface area contributed by atoms with Crippen molar-refractivity contribution in [2.45, 2.75) is 45.0 Å². The van der Waals surface area contributed by atoms with Gasteiger partial charge in [0, 0.05) is 46.2 Å². The predicted molar refractivity (Wildman–Crippen MR) is 115 cm³/mol. The molecule has 2 aliphatic heterocycles. The summed E-state index contributed by atoms with van der Waals surface area (Å²) in [5.41, 5.74) is -2.31. The van der Waals surface area contributed by atoms with Gasteiger partial charge in [-0.3, -0.25) is 18.8 Å². The number of rotatable bonds is 6. The molecule has 0 saturated carbocycles. The summed E-state index contributed by atoms with van der Waals surface area (Å²) in [6, 6.07) is 0. The van der Waals surface area contributed by atoms with Crippen molar-refractivity contribution in [1.29, 1.82) is 0 Å². The van der Waals surface area contributed by atoms with Crippen molar-refractivity contribution < 1.29 is 36.0 Å². The van der Waals surface area contributed by atoms with E-state index in [1.165, 1.54) is 11.8 Å². The zero-order valence-electron chi connectivity index (χ0n) is 19.4. The molecule has 2 aliphatic rings. The van der Waals surface area contributed by atoms with Crippen molar-refractivity contribution in [3.05, 3.63) is 20.8 Å². The van der Waals surface area contributed by atoms with E-state index in [2.05, 4.69) is 17.2 Å². The molecule has 0 spiro atoms. The van der Waals surface area contributed by atoms with Gasteiger partial charge in [-0.05, 0) is 13.3 Å². The van der Waals surface area contributed by atoms with Gasteiger partial charge in [0.05, 0.1) is 6.54 Å². The summed E-state index contributed by atoms with van der Waals surface area (Å²) in [7, 11) is 1.10. The Morgan fingerprint density at radius 3 is 2.33 bits per heavy atom. The molecule has 36 heavy (non-hydrogen) atoms. The molecule has 10 nitrogen and oxygen atoms in total. The number of hydrogen-bond acceptors (Lipinski definition) is 8. The molecule has 200 valence electrons. The Morgan fingerprint density at radius 2 is 1.78 bits per heavy atom. The maximum Gasteiger partial charge on any atom is 0.493 e. The Kier molecular flexibility index (Phi) is 7.94. The van der Waals surface area contributed by atoms with E-state index in [-0.39, 0.29) is 25.3 Å². The normalized spacial score (nSPS) is 18.6. The van der Waals surface area contributed by atoms with Crippen LogP contribution >= 0.6 is 0 Å². The molecule has 1 atom stereocenters. The highest BCUT2D eigenvalue weighted by atomic mass is 19.4. The standard InChI is InChI=1S/C20H24F6N6O4/c1-3-4-9-30-13-14(31(10-5-6-19(21,22)23)18(35)28(2)15(13)33)32(36-16(34)20(24,25)26)17(30)29-11-7-27-8-12-29/h17,27H,5-12H2,1-2H3. The van der Waals surface area contributed by atoms with Crippen LogP contribution in [0.4, 0.5) is 37.8 Å². The third-order valence-electron chi connectivity index (χ3n) is 5.64. The fourth-order valence-corrected chi connectivity index (χ4v) is 4.02. The Balaban J connectivity index is 2.23. The van der Waals surface area contributed by atoms with Crippen LogP contribution < -0.4 is 26.5 Å².